The number of H-pyrrole nitrogens is 1. The normalized spacial score (nSPS) is 21.9. The molecule has 8 nitrogen and oxygen atoms in total. The number of aliphatic imine (C=N–C) groups is 1. The van der Waals surface area contributed by atoms with Crippen molar-refractivity contribution in [2.75, 3.05) is 11.9 Å². The van der Waals surface area contributed by atoms with Gasteiger partial charge < -0.3 is 21.1 Å². The Morgan fingerprint density at radius 1 is 1.24 bits per heavy atom. The highest BCUT2D eigenvalue weighted by Crippen LogP contribution is 2.39. The van der Waals surface area contributed by atoms with Gasteiger partial charge >= 0.3 is 0 Å². The van der Waals surface area contributed by atoms with E-state index in [-0.39, 0.29) is 6.10 Å². The largest absolute Gasteiger partial charge is 0.393 e. The fourth-order valence-electron chi connectivity index (χ4n) is 3.71. The summed E-state index contributed by atoms with van der Waals surface area (Å²) < 4.78 is 0. The lowest BCUT2D eigenvalue weighted by Gasteiger charge is -2.31. The molecule has 0 radical (unpaired) electrons. The van der Waals surface area contributed by atoms with Crippen molar-refractivity contribution in [3.8, 4) is 0 Å². The minimum atomic E-state index is -0.166. The number of nitrogens with zero attached hydrogens (tertiary/aromatic N) is 4. The minimum absolute atomic E-state index is 0.166. The van der Waals surface area contributed by atoms with Gasteiger partial charge in [-0.25, -0.2) is 15.0 Å². The number of hydrogen-bond donors (Lipinski definition) is 4. The van der Waals surface area contributed by atoms with Gasteiger partial charge in [0.15, 0.2) is 5.82 Å². The fourth-order valence-corrected chi connectivity index (χ4v) is 3.71. The summed E-state index contributed by atoms with van der Waals surface area (Å²) in [5, 5.41) is 12.9. The summed E-state index contributed by atoms with van der Waals surface area (Å²) in [6, 6.07) is 7.88. The van der Waals surface area contributed by atoms with Crippen LogP contribution in [0.5, 0.6) is 0 Å². The number of anilines is 1. The van der Waals surface area contributed by atoms with E-state index in [1.165, 1.54) is 0 Å². The molecule has 150 valence electrons. The highest BCUT2D eigenvalue weighted by atomic mass is 16.3. The number of rotatable bonds is 7. The molecule has 2 aromatic heterocycles. The number of para-hydroxylation sites is 2. The van der Waals surface area contributed by atoms with Gasteiger partial charge in [-0.15, -0.1) is 0 Å². The van der Waals surface area contributed by atoms with Gasteiger partial charge in [-0.05, 0) is 43.7 Å². The second kappa shape index (κ2) is 7.44. The zero-order chi connectivity index (χ0) is 19.8. The van der Waals surface area contributed by atoms with Crippen molar-refractivity contribution in [3.63, 3.8) is 0 Å². The maximum atomic E-state index is 9.51. The predicted octanol–water partition coefficient (Wildman–Crippen LogP) is 2.32. The first-order chi connectivity index (χ1) is 14.2. The van der Waals surface area contributed by atoms with Crippen LogP contribution in [0.4, 0.5) is 5.82 Å². The monoisotopic (exact) mass is 391 g/mol. The molecule has 3 aromatic rings. The Morgan fingerprint density at radius 3 is 2.83 bits per heavy atom. The highest BCUT2D eigenvalue weighted by Gasteiger charge is 2.29. The van der Waals surface area contributed by atoms with Crippen LogP contribution in [0.25, 0.3) is 11.0 Å². The van der Waals surface area contributed by atoms with Crippen LogP contribution in [0.3, 0.4) is 0 Å². The smallest absolute Gasteiger partial charge is 0.156 e. The van der Waals surface area contributed by atoms with Crippen LogP contribution in [0, 0.1) is 5.92 Å². The molecule has 2 heterocycles. The van der Waals surface area contributed by atoms with Crippen LogP contribution >= 0.6 is 0 Å². The van der Waals surface area contributed by atoms with E-state index in [2.05, 4.69) is 25.3 Å². The third kappa shape index (κ3) is 3.93. The SMILES string of the molecule is NC(=NCc1nc2ccccc2[nH]1)c1ncc(C2CC2)nc1NCC1CC(O)C1. The van der Waals surface area contributed by atoms with E-state index in [4.69, 9.17) is 10.7 Å². The molecule has 8 heteroatoms. The zero-order valence-corrected chi connectivity index (χ0v) is 16.2. The van der Waals surface area contributed by atoms with Gasteiger partial charge in [-0.1, -0.05) is 12.1 Å². The molecule has 2 aliphatic rings. The molecule has 2 fully saturated rings. The average molecular weight is 391 g/mol. The summed E-state index contributed by atoms with van der Waals surface area (Å²) in [7, 11) is 0. The zero-order valence-electron chi connectivity index (χ0n) is 16.2. The van der Waals surface area contributed by atoms with Crippen molar-refractivity contribution in [3.05, 3.63) is 47.7 Å². The average Bonchev–Trinajstić information content (AvgIpc) is 3.47. The number of nitrogens with two attached hydrogens (primary N) is 1. The Bertz CT molecular complexity index is 1020. The van der Waals surface area contributed by atoms with E-state index in [1.54, 1.807) is 0 Å². The number of amidine groups is 1. The van der Waals surface area contributed by atoms with Crippen molar-refractivity contribution < 1.29 is 5.11 Å². The van der Waals surface area contributed by atoms with E-state index in [1.807, 2.05) is 30.5 Å². The molecule has 2 saturated carbocycles. The molecular formula is C21H25N7O. The molecule has 0 amide bonds. The maximum Gasteiger partial charge on any atom is 0.156 e. The second-order valence-corrected chi connectivity index (χ2v) is 8.04. The lowest BCUT2D eigenvalue weighted by molar-refractivity contribution is 0.0486. The molecule has 0 saturated heterocycles. The Kier molecular flexibility index (Phi) is 4.63. The molecule has 5 N–H and O–H groups in total. The van der Waals surface area contributed by atoms with Gasteiger partial charge in [-0.2, -0.15) is 0 Å². The molecule has 0 aliphatic heterocycles. The highest BCUT2D eigenvalue weighted by molar-refractivity contribution is 5.99. The summed E-state index contributed by atoms with van der Waals surface area (Å²) in [6.45, 7) is 1.10. The fraction of sp³-hybridized carbons (Fsp3) is 0.429. The number of fused-ring (bicyclic) bond motifs is 1. The van der Waals surface area contributed by atoms with E-state index in [0.29, 0.717) is 35.7 Å². The van der Waals surface area contributed by atoms with Gasteiger partial charge in [0.05, 0.1) is 29.4 Å². The molecule has 0 atom stereocenters. The summed E-state index contributed by atoms with van der Waals surface area (Å²) >= 11 is 0. The van der Waals surface area contributed by atoms with Crippen LogP contribution in [0.2, 0.25) is 0 Å². The maximum absolute atomic E-state index is 9.51. The van der Waals surface area contributed by atoms with Gasteiger partial charge in [-0.3, -0.25) is 4.99 Å². The molecule has 0 bridgehead atoms. The summed E-state index contributed by atoms with van der Waals surface area (Å²) in [4.78, 5) is 21.6. The van der Waals surface area contributed by atoms with Crippen LogP contribution in [0.1, 0.15) is 48.8 Å². The summed E-state index contributed by atoms with van der Waals surface area (Å²) in [5.74, 6) is 2.75. The first kappa shape index (κ1) is 18.1. The number of nitrogens with one attached hydrogen (secondary N) is 2. The molecule has 0 spiro atoms. The third-order valence-electron chi connectivity index (χ3n) is 5.64. The molecular weight excluding hydrogens is 366 g/mol. The molecule has 0 unspecified atom stereocenters. The summed E-state index contributed by atoms with van der Waals surface area (Å²) in [6.07, 6.45) is 5.63. The van der Waals surface area contributed by atoms with Crippen molar-refractivity contribution in [1.29, 1.82) is 0 Å². The molecule has 29 heavy (non-hydrogen) atoms. The quantitative estimate of drug-likeness (QED) is 0.362. The van der Waals surface area contributed by atoms with Gasteiger partial charge in [0.2, 0.25) is 0 Å². The van der Waals surface area contributed by atoms with Crippen LogP contribution < -0.4 is 11.1 Å². The minimum Gasteiger partial charge on any atom is -0.393 e. The number of aromatic amines is 1. The molecule has 2 aliphatic carbocycles. The third-order valence-corrected chi connectivity index (χ3v) is 5.64. The number of aromatic nitrogens is 4. The standard InChI is InChI=1S/C21H25N7O/c22-20(24-11-18-26-15-3-1-2-4-16(15)27-18)19-21(25-9-12-7-14(29)8-12)28-17(10-23-19)13-5-6-13/h1-4,10,12-14,29H,5-9,11H2,(H2,22,24)(H,25,28)(H,26,27). The number of imidazole rings is 1. The van der Waals surface area contributed by atoms with Crippen molar-refractivity contribution in [2.24, 2.45) is 16.6 Å². The number of benzene rings is 1. The Hall–Kier alpha value is -3.00. The Morgan fingerprint density at radius 2 is 2.07 bits per heavy atom. The van der Waals surface area contributed by atoms with Crippen LogP contribution in [-0.2, 0) is 6.54 Å². The van der Waals surface area contributed by atoms with Gasteiger partial charge in [0.1, 0.15) is 17.4 Å². The Labute approximate surface area is 168 Å². The number of aliphatic hydroxyl groups is 1. The number of aliphatic hydroxyl groups excluding tert-OH is 1. The van der Waals surface area contributed by atoms with E-state index in [0.717, 1.165) is 54.8 Å². The predicted molar refractivity (Wildman–Crippen MR) is 112 cm³/mol. The van der Waals surface area contributed by atoms with Gasteiger partial charge in [0.25, 0.3) is 0 Å². The van der Waals surface area contributed by atoms with Crippen molar-refractivity contribution in [2.45, 2.75) is 44.2 Å². The first-order valence-electron chi connectivity index (χ1n) is 10.2. The number of hydrogen-bond acceptors (Lipinski definition) is 6. The topological polar surface area (TPSA) is 125 Å². The lowest BCUT2D eigenvalue weighted by Crippen LogP contribution is -2.34. The van der Waals surface area contributed by atoms with E-state index < -0.39 is 0 Å². The van der Waals surface area contributed by atoms with Crippen LogP contribution in [0.15, 0.2) is 35.5 Å². The molecule has 1 aromatic carbocycles. The summed E-state index contributed by atoms with van der Waals surface area (Å²) in [5.41, 5.74) is 9.76. The Balaban J connectivity index is 1.35. The van der Waals surface area contributed by atoms with E-state index >= 15 is 0 Å². The lowest BCUT2D eigenvalue weighted by atomic mass is 9.82. The molecule has 5 rings (SSSR count). The van der Waals surface area contributed by atoms with Crippen molar-refractivity contribution >= 4 is 22.7 Å². The van der Waals surface area contributed by atoms with Crippen molar-refractivity contribution in [1.82, 2.24) is 19.9 Å². The van der Waals surface area contributed by atoms with Crippen LogP contribution in [-0.4, -0.2) is 43.5 Å². The second-order valence-electron chi connectivity index (χ2n) is 8.04. The first-order valence-corrected chi connectivity index (χ1v) is 10.2. The van der Waals surface area contributed by atoms with Gasteiger partial charge in [0, 0.05) is 18.7 Å². The van der Waals surface area contributed by atoms with E-state index in [9.17, 15) is 5.11 Å².